The van der Waals surface area contributed by atoms with Gasteiger partial charge < -0.3 is 36.1 Å². The highest BCUT2D eigenvalue weighted by molar-refractivity contribution is 5.97. The molecule has 1 fully saturated rings. The SMILES string of the molecule is CCCc1nc(N)nc(N)c1N1CCN(c2ccc(C(=O)N[C@@H](CCC(=O)OCC)C(=O)OCC)cc2)CC1. The van der Waals surface area contributed by atoms with Crippen LogP contribution in [0, 0.1) is 0 Å². The second kappa shape index (κ2) is 14.2. The van der Waals surface area contributed by atoms with E-state index in [-0.39, 0.29) is 32.0 Å². The Kier molecular flexibility index (Phi) is 10.7. The Hall–Kier alpha value is -4.09. The molecule has 1 saturated heterocycles. The second-order valence-electron chi connectivity index (χ2n) is 9.16. The summed E-state index contributed by atoms with van der Waals surface area (Å²) in [4.78, 5) is 50.0. The van der Waals surface area contributed by atoms with Gasteiger partial charge in [0.1, 0.15) is 11.7 Å². The summed E-state index contributed by atoms with van der Waals surface area (Å²) < 4.78 is 9.99. The van der Waals surface area contributed by atoms with Gasteiger partial charge >= 0.3 is 11.9 Å². The van der Waals surface area contributed by atoms with E-state index in [1.54, 1.807) is 26.0 Å². The molecule has 2 heterocycles. The number of esters is 2. The van der Waals surface area contributed by atoms with Crippen LogP contribution in [0.3, 0.4) is 0 Å². The van der Waals surface area contributed by atoms with Crippen molar-refractivity contribution in [3.8, 4) is 0 Å². The molecule has 212 valence electrons. The lowest BCUT2D eigenvalue weighted by Crippen LogP contribution is -2.47. The number of hydrogen-bond donors (Lipinski definition) is 3. The van der Waals surface area contributed by atoms with E-state index in [0.717, 1.165) is 56.1 Å². The quantitative estimate of drug-likeness (QED) is 0.336. The first-order chi connectivity index (χ1) is 18.8. The molecular weight excluding hydrogens is 502 g/mol. The van der Waals surface area contributed by atoms with Gasteiger partial charge in [-0.3, -0.25) is 9.59 Å². The van der Waals surface area contributed by atoms with Gasteiger partial charge in [-0.15, -0.1) is 0 Å². The molecular formula is C27H39N7O5. The smallest absolute Gasteiger partial charge is 0.328 e. The minimum Gasteiger partial charge on any atom is -0.466 e. The minimum atomic E-state index is -0.947. The Balaban J connectivity index is 1.61. The monoisotopic (exact) mass is 541 g/mol. The van der Waals surface area contributed by atoms with Gasteiger partial charge in [0.05, 0.1) is 18.9 Å². The third-order valence-corrected chi connectivity index (χ3v) is 6.40. The summed E-state index contributed by atoms with van der Waals surface area (Å²) >= 11 is 0. The number of anilines is 4. The lowest BCUT2D eigenvalue weighted by atomic mass is 10.1. The molecule has 0 radical (unpaired) electrons. The first-order valence-electron chi connectivity index (χ1n) is 13.4. The zero-order valence-corrected chi connectivity index (χ0v) is 22.9. The fraction of sp³-hybridized carbons (Fsp3) is 0.519. The second-order valence-corrected chi connectivity index (χ2v) is 9.16. The summed E-state index contributed by atoms with van der Waals surface area (Å²) in [5, 5.41) is 2.69. The van der Waals surface area contributed by atoms with Crippen LogP contribution in [-0.4, -0.2) is 73.2 Å². The van der Waals surface area contributed by atoms with E-state index in [1.165, 1.54) is 0 Å². The molecule has 1 aromatic carbocycles. The molecule has 1 atom stereocenters. The van der Waals surface area contributed by atoms with Crippen molar-refractivity contribution in [2.45, 2.75) is 52.5 Å². The summed E-state index contributed by atoms with van der Waals surface area (Å²) in [6.07, 6.45) is 1.79. The molecule has 1 aliphatic heterocycles. The maximum Gasteiger partial charge on any atom is 0.328 e. The summed E-state index contributed by atoms with van der Waals surface area (Å²) in [6, 6.07) is 6.25. The Bertz CT molecular complexity index is 1130. The number of carbonyl (C=O) groups is 3. The average Bonchev–Trinajstić information content (AvgIpc) is 2.91. The van der Waals surface area contributed by atoms with Crippen LogP contribution < -0.4 is 26.6 Å². The van der Waals surface area contributed by atoms with Gasteiger partial charge in [0.25, 0.3) is 5.91 Å². The van der Waals surface area contributed by atoms with Gasteiger partial charge in [0.2, 0.25) is 5.95 Å². The number of nitrogens with zero attached hydrogens (tertiary/aromatic N) is 4. The molecule has 3 rings (SSSR count). The number of nitrogens with two attached hydrogens (primary N) is 2. The number of benzene rings is 1. The first-order valence-corrected chi connectivity index (χ1v) is 13.4. The summed E-state index contributed by atoms with van der Waals surface area (Å²) in [5.74, 6) is -0.846. The molecule has 39 heavy (non-hydrogen) atoms. The van der Waals surface area contributed by atoms with Gasteiger partial charge in [-0.2, -0.15) is 4.98 Å². The van der Waals surface area contributed by atoms with Crippen molar-refractivity contribution in [3.05, 3.63) is 35.5 Å². The van der Waals surface area contributed by atoms with E-state index in [4.69, 9.17) is 20.9 Å². The number of carbonyl (C=O) groups excluding carboxylic acids is 3. The van der Waals surface area contributed by atoms with Crippen molar-refractivity contribution >= 4 is 41.0 Å². The zero-order chi connectivity index (χ0) is 28.4. The maximum absolute atomic E-state index is 12.9. The lowest BCUT2D eigenvalue weighted by molar-refractivity contribution is -0.146. The van der Waals surface area contributed by atoms with Gasteiger partial charge in [-0.05, 0) is 51.0 Å². The van der Waals surface area contributed by atoms with Crippen LogP contribution in [0.15, 0.2) is 24.3 Å². The van der Waals surface area contributed by atoms with Crippen LogP contribution in [-0.2, 0) is 25.5 Å². The van der Waals surface area contributed by atoms with E-state index in [2.05, 4.69) is 32.0 Å². The summed E-state index contributed by atoms with van der Waals surface area (Å²) in [5.41, 5.74) is 15.1. The highest BCUT2D eigenvalue weighted by Gasteiger charge is 2.25. The van der Waals surface area contributed by atoms with Crippen molar-refractivity contribution in [1.29, 1.82) is 0 Å². The topological polar surface area (TPSA) is 166 Å². The van der Waals surface area contributed by atoms with Gasteiger partial charge in [0, 0.05) is 43.9 Å². The Morgan fingerprint density at radius 2 is 1.59 bits per heavy atom. The van der Waals surface area contributed by atoms with Crippen LogP contribution in [0.4, 0.5) is 23.1 Å². The molecule has 12 heteroatoms. The number of nitrogens with one attached hydrogen (secondary N) is 1. The van der Waals surface area contributed by atoms with Crippen LogP contribution in [0.2, 0.25) is 0 Å². The van der Waals surface area contributed by atoms with Gasteiger partial charge in [0.15, 0.2) is 5.82 Å². The van der Waals surface area contributed by atoms with Crippen molar-refractivity contribution in [1.82, 2.24) is 15.3 Å². The molecule has 0 saturated carbocycles. The van der Waals surface area contributed by atoms with Crippen LogP contribution in [0.1, 0.15) is 56.1 Å². The van der Waals surface area contributed by atoms with E-state index in [0.29, 0.717) is 11.4 Å². The molecule has 0 spiro atoms. The van der Waals surface area contributed by atoms with Crippen molar-refractivity contribution in [2.75, 3.05) is 60.7 Å². The molecule has 12 nitrogen and oxygen atoms in total. The van der Waals surface area contributed by atoms with Crippen molar-refractivity contribution in [2.24, 2.45) is 0 Å². The molecule has 1 amide bonds. The third-order valence-electron chi connectivity index (χ3n) is 6.40. The highest BCUT2D eigenvalue weighted by Crippen LogP contribution is 2.29. The number of piperazine rings is 1. The van der Waals surface area contributed by atoms with Gasteiger partial charge in [-0.1, -0.05) is 13.3 Å². The normalized spacial score (nSPS) is 14.0. The number of ether oxygens (including phenoxy) is 2. The molecule has 0 unspecified atom stereocenters. The number of aryl methyl sites for hydroxylation is 1. The van der Waals surface area contributed by atoms with E-state index in [1.807, 2.05) is 12.1 Å². The molecule has 0 aliphatic carbocycles. The van der Waals surface area contributed by atoms with Crippen LogP contribution in [0.25, 0.3) is 0 Å². The summed E-state index contributed by atoms with van der Waals surface area (Å²) in [6.45, 7) is 8.87. The Morgan fingerprint density at radius 1 is 0.949 bits per heavy atom. The third kappa shape index (κ3) is 7.95. The van der Waals surface area contributed by atoms with Crippen molar-refractivity contribution in [3.63, 3.8) is 0 Å². The van der Waals surface area contributed by atoms with Gasteiger partial charge in [-0.25, -0.2) is 9.78 Å². The Labute approximate surface area is 229 Å². The lowest BCUT2D eigenvalue weighted by Gasteiger charge is -2.38. The number of nitrogen functional groups attached to an aromatic ring is 2. The maximum atomic E-state index is 12.9. The molecule has 5 N–H and O–H groups in total. The van der Waals surface area contributed by atoms with E-state index in [9.17, 15) is 14.4 Å². The van der Waals surface area contributed by atoms with Crippen LogP contribution >= 0.6 is 0 Å². The van der Waals surface area contributed by atoms with E-state index < -0.39 is 23.9 Å². The highest BCUT2D eigenvalue weighted by atomic mass is 16.5. The fourth-order valence-corrected chi connectivity index (χ4v) is 4.54. The molecule has 0 bridgehead atoms. The van der Waals surface area contributed by atoms with Crippen molar-refractivity contribution < 1.29 is 23.9 Å². The predicted octanol–water partition coefficient (Wildman–Crippen LogP) is 1.92. The number of aromatic nitrogens is 2. The first kappa shape index (κ1) is 29.5. The number of hydrogen-bond acceptors (Lipinski definition) is 11. The van der Waals surface area contributed by atoms with E-state index >= 15 is 0 Å². The molecule has 1 aliphatic rings. The number of rotatable bonds is 12. The standard InChI is InChI=1S/C27H39N7O5/c1-4-7-20-23(24(28)32-27(29)31-20)34-16-14-33(15-17-34)19-10-8-18(9-11-19)25(36)30-21(26(37)39-6-3)12-13-22(35)38-5-2/h8-11,21H,4-7,12-17H2,1-3H3,(H,30,36)(H4,28,29,31,32)/t21-/m0/s1. The predicted molar refractivity (Wildman–Crippen MR) is 149 cm³/mol. The van der Waals surface area contributed by atoms with Crippen LogP contribution in [0.5, 0.6) is 0 Å². The minimum absolute atomic E-state index is 0.00338. The molecule has 1 aromatic heterocycles. The molecule has 2 aromatic rings. The fourth-order valence-electron chi connectivity index (χ4n) is 4.54. The zero-order valence-electron chi connectivity index (χ0n) is 22.9. The largest absolute Gasteiger partial charge is 0.466 e. The number of amides is 1. The summed E-state index contributed by atoms with van der Waals surface area (Å²) in [7, 11) is 0. The average molecular weight is 542 g/mol. The Morgan fingerprint density at radius 3 is 2.21 bits per heavy atom.